The molecule has 0 aromatic heterocycles. The summed E-state index contributed by atoms with van der Waals surface area (Å²) in [6.45, 7) is 0.268. The van der Waals surface area contributed by atoms with E-state index in [-0.39, 0.29) is 23.1 Å². The van der Waals surface area contributed by atoms with Gasteiger partial charge in [0.25, 0.3) is 0 Å². The highest BCUT2D eigenvalue weighted by Gasteiger charge is 2.15. The van der Waals surface area contributed by atoms with Crippen molar-refractivity contribution < 1.29 is 17.5 Å². The lowest BCUT2D eigenvalue weighted by Crippen LogP contribution is -2.28. The third-order valence-electron chi connectivity index (χ3n) is 2.61. The quantitative estimate of drug-likeness (QED) is 0.829. The number of hydrogen-bond donors (Lipinski definition) is 1. The maximum atomic E-state index is 13.0. The molecule has 0 spiro atoms. The van der Waals surface area contributed by atoms with Crippen LogP contribution in [0.25, 0.3) is 0 Å². The second kappa shape index (κ2) is 6.89. The molecule has 0 aliphatic rings. The molecule has 0 aliphatic carbocycles. The van der Waals surface area contributed by atoms with Gasteiger partial charge < -0.3 is 4.74 Å². The van der Waals surface area contributed by atoms with Gasteiger partial charge in [0.15, 0.2) is 0 Å². The zero-order valence-corrected chi connectivity index (χ0v) is 12.5. The molecule has 0 saturated heterocycles. The number of benzene rings is 2. The molecular weight excluding hydrogens is 317 g/mol. The Bertz CT molecular complexity index is 707. The lowest BCUT2D eigenvalue weighted by Gasteiger charge is -2.09. The Labute approximate surface area is 127 Å². The highest BCUT2D eigenvalue weighted by Crippen LogP contribution is 2.19. The lowest BCUT2D eigenvalue weighted by molar-refractivity contribution is 0.323. The van der Waals surface area contributed by atoms with Gasteiger partial charge >= 0.3 is 0 Å². The van der Waals surface area contributed by atoms with Crippen LogP contribution in [0.5, 0.6) is 5.75 Å². The van der Waals surface area contributed by atoms with E-state index < -0.39 is 15.8 Å². The van der Waals surface area contributed by atoms with Crippen molar-refractivity contribution in [1.29, 1.82) is 0 Å². The number of hydrogen-bond acceptors (Lipinski definition) is 3. The Morgan fingerprint density at radius 3 is 2.52 bits per heavy atom. The minimum absolute atomic E-state index is 0.0892. The highest BCUT2D eigenvalue weighted by molar-refractivity contribution is 7.89. The SMILES string of the molecule is O=S(=O)(NCCOc1ccccc1)c1ccc(F)c(Cl)c1. The number of nitrogens with one attached hydrogen (secondary N) is 1. The third kappa shape index (κ3) is 4.42. The predicted molar refractivity (Wildman–Crippen MR) is 78.5 cm³/mol. The van der Waals surface area contributed by atoms with Gasteiger partial charge in [0.05, 0.1) is 9.92 Å². The number of rotatable bonds is 6. The van der Waals surface area contributed by atoms with Gasteiger partial charge in [0.1, 0.15) is 18.2 Å². The average Bonchev–Trinajstić information content (AvgIpc) is 2.47. The zero-order valence-electron chi connectivity index (χ0n) is 10.9. The normalized spacial score (nSPS) is 11.3. The molecule has 2 aromatic carbocycles. The first-order valence-corrected chi connectivity index (χ1v) is 7.98. The predicted octanol–water partition coefficient (Wildman–Crippen LogP) is 2.84. The number of ether oxygens (including phenoxy) is 1. The lowest BCUT2D eigenvalue weighted by atomic mass is 10.3. The van der Waals surface area contributed by atoms with E-state index in [9.17, 15) is 12.8 Å². The van der Waals surface area contributed by atoms with E-state index in [1.807, 2.05) is 18.2 Å². The Balaban J connectivity index is 1.91. The summed E-state index contributed by atoms with van der Waals surface area (Å²) in [5, 5.41) is -0.238. The monoisotopic (exact) mass is 329 g/mol. The second-order valence-electron chi connectivity index (χ2n) is 4.14. The molecule has 0 fully saturated rings. The van der Waals surface area contributed by atoms with Crippen LogP contribution in [0.1, 0.15) is 0 Å². The van der Waals surface area contributed by atoms with Gasteiger partial charge in [0.2, 0.25) is 10.0 Å². The summed E-state index contributed by atoms with van der Waals surface area (Å²) in [4.78, 5) is -0.0892. The summed E-state index contributed by atoms with van der Waals surface area (Å²) in [6, 6.07) is 12.3. The standard InChI is InChI=1S/C14H13ClFNO3S/c15-13-10-12(6-7-14(13)16)21(18,19)17-8-9-20-11-4-2-1-3-5-11/h1-7,10,17H,8-9H2. The van der Waals surface area contributed by atoms with Gasteiger partial charge in [-0.05, 0) is 30.3 Å². The van der Waals surface area contributed by atoms with Crippen LogP contribution < -0.4 is 9.46 Å². The van der Waals surface area contributed by atoms with Crippen LogP contribution in [-0.2, 0) is 10.0 Å². The number of sulfonamides is 1. The van der Waals surface area contributed by atoms with Crippen molar-refractivity contribution in [3.05, 3.63) is 59.4 Å². The van der Waals surface area contributed by atoms with Gasteiger partial charge in [0, 0.05) is 6.54 Å². The molecule has 0 amide bonds. The Morgan fingerprint density at radius 2 is 1.86 bits per heavy atom. The van der Waals surface area contributed by atoms with Crippen LogP contribution in [0.3, 0.4) is 0 Å². The van der Waals surface area contributed by atoms with E-state index in [1.165, 1.54) is 0 Å². The molecule has 21 heavy (non-hydrogen) atoms. The molecular formula is C14H13ClFNO3S. The second-order valence-corrected chi connectivity index (χ2v) is 6.31. The van der Waals surface area contributed by atoms with E-state index in [0.29, 0.717) is 5.75 Å². The van der Waals surface area contributed by atoms with Gasteiger partial charge in [-0.25, -0.2) is 17.5 Å². The topological polar surface area (TPSA) is 55.4 Å². The van der Waals surface area contributed by atoms with E-state index >= 15 is 0 Å². The summed E-state index contributed by atoms with van der Waals surface area (Å²) in [7, 11) is -3.74. The molecule has 1 N–H and O–H groups in total. The Kier molecular flexibility index (Phi) is 5.17. The fraction of sp³-hybridized carbons (Fsp3) is 0.143. The molecule has 0 unspecified atom stereocenters. The fourth-order valence-electron chi connectivity index (χ4n) is 1.59. The molecule has 0 heterocycles. The van der Waals surface area contributed by atoms with Gasteiger partial charge in [-0.1, -0.05) is 29.8 Å². The van der Waals surface area contributed by atoms with Crippen molar-refractivity contribution in [2.75, 3.05) is 13.2 Å². The van der Waals surface area contributed by atoms with E-state index in [2.05, 4.69) is 4.72 Å². The molecule has 7 heteroatoms. The smallest absolute Gasteiger partial charge is 0.240 e. The molecule has 2 rings (SSSR count). The minimum atomic E-state index is -3.74. The van der Waals surface area contributed by atoms with Crippen molar-refractivity contribution in [3.63, 3.8) is 0 Å². The van der Waals surface area contributed by atoms with Crippen LogP contribution in [0.2, 0.25) is 5.02 Å². The third-order valence-corrected chi connectivity index (χ3v) is 4.36. The summed E-state index contributed by atoms with van der Waals surface area (Å²) in [6.07, 6.45) is 0. The molecule has 0 aliphatic heterocycles. The van der Waals surface area contributed by atoms with E-state index in [0.717, 1.165) is 18.2 Å². The summed E-state index contributed by atoms with van der Waals surface area (Å²) >= 11 is 5.57. The molecule has 0 atom stereocenters. The molecule has 0 saturated carbocycles. The molecule has 2 aromatic rings. The van der Waals surface area contributed by atoms with Gasteiger partial charge in [-0.15, -0.1) is 0 Å². The first-order valence-electron chi connectivity index (χ1n) is 6.11. The maximum absolute atomic E-state index is 13.0. The van der Waals surface area contributed by atoms with Crippen molar-refractivity contribution in [2.24, 2.45) is 0 Å². The summed E-state index contributed by atoms with van der Waals surface area (Å²) in [5.74, 6) is -0.00967. The van der Waals surface area contributed by atoms with Crippen LogP contribution in [0.15, 0.2) is 53.4 Å². The van der Waals surface area contributed by atoms with Crippen LogP contribution >= 0.6 is 11.6 Å². The first kappa shape index (κ1) is 15.8. The van der Waals surface area contributed by atoms with Crippen LogP contribution in [0, 0.1) is 5.82 Å². The molecule has 4 nitrogen and oxygen atoms in total. The highest BCUT2D eigenvalue weighted by atomic mass is 35.5. The maximum Gasteiger partial charge on any atom is 0.240 e. The average molecular weight is 330 g/mol. The fourth-order valence-corrected chi connectivity index (χ4v) is 2.87. The van der Waals surface area contributed by atoms with Crippen molar-refractivity contribution in [2.45, 2.75) is 4.90 Å². The molecule has 112 valence electrons. The number of halogens is 2. The van der Waals surface area contributed by atoms with Crippen LogP contribution in [0.4, 0.5) is 4.39 Å². The Morgan fingerprint density at radius 1 is 1.14 bits per heavy atom. The van der Waals surface area contributed by atoms with Gasteiger partial charge in [-0.3, -0.25) is 0 Å². The Hall–Kier alpha value is -1.63. The van der Waals surface area contributed by atoms with E-state index in [4.69, 9.17) is 16.3 Å². The van der Waals surface area contributed by atoms with E-state index in [1.54, 1.807) is 12.1 Å². The largest absolute Gasteiger partial charge is 0.492 e. The minimum Gasteiger partial charge on any atom is -0.492 e. The first-order chi connectivity index (χ1) is 9.99. The summed E-state index contributed by atoms with van der Waals surface area (Å²) in [5.41, 5.74) is 0. The number of para-hydroxylation sites is 1. The summed E-state index contributed by atoms with van der Waals surface area (Å²) < 4.78 is 44.7. The van der Waals surface area contributed by atoms with Crippen LogP contribution in [-0.4, -0.2) is 21.6 Å². The van der Waals surface area contributed by atoms with Crippen molar-refractivity contribution in [3.8, 4) is 5.75 Å². The van der Waals surface area contributed by atoms with Gasteiger partial charge in [-0.2, -0.15) is 0 Å². The molecule has 0 bridgehead atoms. The zero-order chi connectivity index (χ0) is 15.3. The molecule has 0 radical (unpaired) electrons. The van der Waals surface area contributed by atoms with Crippen molar-refractivity contribution in [1.82, 2.24) is 4.72 Å². The van der Waals surface area contributed by atoms with Crippen molar-refractivity contribution >= 4 is 21.6 Å².